The maximum Gasteiger partial charge on any atom is 0.106 e. The summed E-state index contributed by atoms with van der Waals surface area (Å²) in [4.78, 5) is 4.37. The molecule has 0 radical (unpaired) electrons. The van der Waals surface area contributed by atoms with Crippen molar-refractivity contribution in [2.75, 3.05) is 0 Å². The first-order valence-corrected chi connectivity index (χ1v) is 5.00. The van der Waals surface area contributed by atoms with Crippen molar-refractivity contribution in [2.45, 2.75) is 13.5 Å². The van der Waals surface area contributed by atoms with Crippen molar-refractivity contribution < 1.29 is 0 Å². The van der Waals surface area contributed by atoms with Crippen molar-refractivity contribution in [3.8, 4) is 0 Å². The van der Waals surface area contributed by atoms with E-state index in [1.54, 1.807) is 6.08 Å². The standard InChI is InChI=1S/C13H14N2/c1-3-13-10-15(11(2)14-13)9-12-7-5-4-6-8-12/h3-8,10H,1,9H2,2H3. The summed E-state index contributed by atoms with van der Waals surface area (Å²) in [5.41, 5.74) is 2.22. The van der Waals surface area contributed by atoms with Gasteiger partial charge in [-0.3, -0.25) is 0 Å². The molecule has 0 fully saturated rings. The van der Waals surface area contributed by atoms with E-state index >= 15 is 0 Å². The maximum absolute atomic E-state index is 4.37. The number of benzene rings is 1. The van der Waals surface area contributed by atoms with Crippen LogP contribution in [0.15, 0.2) is 43.1 Å². The Labute approximate surface area is 89.9 Å². The Bertz CT molecular complexity index is 455. The number of imidazole rings is 1. The Morgan fingerprint density at radius 3 is 2.67 bits per heavy atom. The van der Waals surface area contributed by atoms with Crippen molar-refractivity contribution in [3.05, 3.63) is 60.2 Å². The van der Waals surface area contributed by atoms with Crippen LogP contribution in [0.1, 0.15) is 17.1 Å². The van der Waals surface area contributed by atoms with E-state index in [9.17, 15) is 0 Å². The monoisotopic (exact) mass is 198 g/mol. The van der Waals surface area contributed by atoms with E-state index in [0.29, 0.717) is 0 Å². The molecule has 0 aliphatic carbocycles. The lowest BCUT2D eigenvalue weighted by atomic mass is 10.2. The number of hydrogen-bond donors (Lipinski definition) is 0. The fraction of sp³-hybridized carbons (Fsp3) is 0.154. The summed E-state index contributed by atoms with van der Waals surface area (Å²) in [5.74, 6) is 1.02. The predicted octanol–water partition coefficient (Wildman–Crippen LogP) is 2.88. The van der Waals surface area contributed by atoms with E-state index in [1.807, 2.05) is 19.2 Å². The molecule has 0 aliphatic heterocycles. The molecule has 0 bridgehead atoms. The van der Waals surface area contributed by atoms with Gasteiger partial charge in [0.05, 0.1) is 5.69 Å². The lowest BCUT2D eigenvalue weighted by molar-refractivity contribution is 0.762. The van der Waals surface area contributed by atoms with E-state index in [1.165, 1.54) is 5.56 Å². The second-order valence-corrected chi connectivity index (χ2v) is 3.53. The highest BCUT2D eigenvalue weighted by Gasteiger charge is 2.01. The lowest BCUT2D eigenvalue weighted by Gasteiger charge is -2.03. The van der Waals surface area contributed by atoms with E-state index in [0.717, 1.165) is 18.1 Å². The van der Waals surface area contributed by atoms with E-state index in [2.05, 4.69) is 40.4 Å². The molecule has 0 amide bonds. The highest BCUT2D eigenvalue weighted by atomic mass is 15.1. The van der Waals surface area contributed by atoms with Gasteiger partial charge in [-0.1, -0.05) is 36.9 Å². The Kier molecular flexibility index (Phi) is 2.68. The first-order valence-electron chi connectivity index (χ1n) is 5.00. The molecule has 2 nitrogen and oxygen atoms in total. The van der Waals surface area contributed by atoms with Crippen LogP contribution in [0.2, 0.25) is 0 Å². The van der Waals surface area contributed by atoms with Crippen LogP contribution in [0, 0.1) is 6.92 Å². The molecule has 0 atom stereocenters. The zero-order chi connectivity index (χ0) is 10.7. The molecule has 0 saturated heterocycles. The first-order chi connectivity index (χ1) is 7.29. The molecule has 0 saturated carbocycles. The third-order valence-electron chi connectivity index (χ3n) is 2.40. The van der Waals surface area contributed by atoms with Crippen molar-refractivity contribution >= 4 is 6.08 Å². The highest BCUT2D eigenvalue weighted by molar-refractivity contribution is 5.40. The Morgan fingerprint density at radius 1 is 1.33 bits per heavy atom. The van der Waals surface area contributed by atoms with Crippen LogP contribution in [-0.4, -0.2) is 9.55 Å². The van der Waals surface area contributed by atoms with E-state index in [4.69, 9.17) is 0 Å². The quantitative estimate of drug-likeness (QED) is 0.741. The van der Waals surface area contributed by atoms with Gasteiger partial charge in [-0.15, -0.1) is 0 Å². The van der Waals surface area contributed by atoms with Gasteiger partial charge in [0.15, 0.2) is 0 Å². The first kappa shape index (κ1) is 9.71. The van der Waals surface area contributed by atoms with Crippen LogP contribution >= 0.6 is 0 Å². The van der Waals surface area contributed by atoms with Gasteiger partial charge in [-0.2, -0.15) is 0 Å². The number of hydrogen-bond acceptors (Lipinski definition) is 1. The number of nitrogens with zero attached hydrogens (tertiary/aromatic N) is 2. The molecular formula is C13H14N2. The molecule has 0 spiro atoms. The maximum atomic E-state index is 4.37. The van der Waals surface area contributed by atoms with E-state index < -0.39 is 0 Å². The highest BCUT2D eigenvalue weighted by Crippen LogP contribution is 2.08. The molecule has 15 heavy (non-hydrogen) atoms. The van der Waals surface area contributed by atoms with Crippen LogP contribution in [0.3, 0.4) is 0 Å². The largest absolute Gasteiger partial charge is 0.330 e. The normalized spacial score (nSPS) is 10.2. The summed E-state index contributed by atoms with van der Waals surface area (Å²) >= 11 is 0. The van der Waals surface area contributed by atoms with Gasteiger partial charge in [-0.05, 0) is 18.6 Å². The second-order valence-electron chi connectivity index (χ2n) is 3.53. The van der Waals surface area contributed by atoms with Gasteiger partial charge in [-0.25, -0.2) is 4.98 Å². The lowest BCUT2D eigenvalue weighted by Crippen LogP contribution is -2.00. The minimum atomic E-state index is 0.869. The van der Waals surface area contributed by atoms with E-state index in [-0.39, 0.29) is 0 Å². The third kappa shape index (κ3) is 2.15. The van der Waals surface area contributed by atoms with Crippen molar-refractivity contribution in [3.63, 3.8) is 0 Å². The summed E-state index contributed by atoms with van der Waals surface area (Å²) in [6, 6.07) is 10.4. The summed E-state index contributed by atoms with van der Waals surface area (Å²) in [7, 11) is 0. The summed E-state index contributed by atoms with van der Waals surface area (Å²) in [6.45, 7) is 6.60. The Balaban J connectivity index is 2.24. The molecule has 0 N–H and O–H groups in total. The van der Waals surface area contributed by atoms with Gasteiger partial charge in [0, 0.05) is 12.7 Å². The van der Waals surface area contributed by atoms with Gasteiger partial charge in [0.2, 0.25) is 0 Å². The molecule has 2 aromatic rings. The Morgan fingerprint density at radius 2 is 2.07 bits per heavy atom. The van der Waals surface area contributed by atoms with Crippen LogP contribution in [0.4, 0.5) is 0 Å². The van der Waals surface area contributed by atoms with Crippen LogP contribution in [-0.2, 0) is 6.54 Å². The molecule has 1 aromatic heterocycles. The van der Waals surface area contributed by atoms with Crippen molar-refractivity contribution in [2.24, 2.45) is 0 Å². The fourth-order valence-corrected chi connectivity index (χ4v) is 1.57. The molecule has 1 aromatic carbocycles. The topological polar surface area (TPSA) is 17.8 Å². The number of aryl methyl sites for hydroxylation is 1. The average molecular weight is 198 g/mol. The van der Waals surface area contributed by atoms with Crippen LogP contribution < -0.4 is 0 Å². The fourth-order valence-electron chi connectivity index (χ4n) is 1.57. The molecule has 0 unspecified atom stereocenters. The van der Waals surface area contributed by atoms with Gasteiger partial charge in [0.1, 0.15) is 5.82 Å². The molecular weight excluding hydrogens is 184 g/mol. The van der Waals surface area contributed by atoms with Crippen molar-refractivity contribution in [1.29, 1.82) is 0 Å². The zero-order valence-electron chi connectivity index (χ0n) is 8.85. The average Bonchev–Trinajstić information content (AvgIpc) is 2.61. The summed E-state index contributed by atoms with van der Waals surface area (Å²) < 4.78 is 2.13. The predicted molar refractivity (Wildman–Crippen MR) is 62.6 cm³/mol. The smallest absolute Gasteiger partial charge is 0.106 e. The molecule has 2 rings (SSSR count). The molecule has 76 valence electrons. The number of aromatic nitrogens is 2. The molecule has 0 aliphatic rings. The molecule has 1 heterocycles. The third-order valence-corrected chi connectivity index (χ3v) is 2.40. The molecule has 2 heteroatoms. The Hall–Kier alpha value is -1.83. The zero-order valence-corrected chi connectivity index (χ0v) is 8.85. The van der Waals surface area contributed by atoms with Gasteiger partial charge < -0.3 is 4.57 Å². The van der Waals surface area contributed by atoms with Crippen molar-refractivity contribution in [1.82, 2.24) is 9.55 Å². The minimum absolute atomic E-state index is 0.869. The SMILES string of the molecule is C=Cc1cn(Cc2ccccc2)c(C)n1. The van der Waals surface area contributed by atoms with Gasteiger partial charge >= 0.3 is 0 Å². The second kappa shape index (κ2) is 4.13. The summed E-state index contributed by atoms with van der Waals surface area (Å²) in [5, 5.41) is 0. The minimum Gasteiger partial charge on any atom is -0.330 e. The number of rotatable bonds is 3. The van der Waals surface area contributed by atoms with Gasteiger partial charge in [0.25, 0.3) is 0 Å². The summed E-state index contributed by atoms with van der Waals surface area (Å²) in [6.07, 6.45) is 3.80. The van der Waals surface area contributed by atoms with Crippen LogP contribution in [0.25, 0.3) is 6.08 Å². The van der Waals surface area contributed by atoms with Crippen LogP contribution in [0.5, 0.6) is 0 Å².